The van der Waals surface area contributed by atoms with Gasteiger partial charge in [-0.1, -0.05) is 73.6 Å². The number of carboxylic acid groups (broad SMARTS) is 2. The van der Waals surface area contributed by atoms with E-state index in [1.165, 1.54) is 0 Å². The fourth-order valence-electron chi connectivity index (χ4n) is 2.81. The van der Waals surface area contributed by atoms with Crippen LogP contribution in [-0.2, 0) is 9.59 Å². The maximum atomic E-state index is 10.3. The number of carboxylic acids is 2. The van der Waals surface area contributed by atoms with Gasteiger partial charge in [-0.3, -0.25) is 0 Å². The molecule has 0 fully saturated rings. The topological polar surface area (TPSA) is 121 Å². The Labute approximate surface area is 208 Å². The summed E-state index contributed by atoms with van der Waals surface area (Å²) in [5, 5.41) is 38.9. The Bertz CT molecular complexity index is 366. The van der Waals surface area contributed by atoms with Crippen LogP contribution in [0.5, 0.6) is 0 Å². The monoisotopic (exact) mass is 552 g/mol. The molecule has 0 amide bonds. The largest absolute Gasteiger partial charge is 2.00 e. The number of rotatable bonds is 15. The Kier molecular flexibility index (Phi) is 33.9. The van der Waals surface area contributed by atoms with E-state index in [-0.39, 0.29) is 48.0 Å². The number of aliphatic hydroxyl groups excluding tert-OH is 2. The molecule has 7 heteroatoms. The third-order valence-electron chi connectivity index (χ3n) is 5.10. The SMILES string of the molecule is CCCC(O)CC(O)CC.CCCCC(CC)C(=O)[O-].CCCCC(CC)C(=O)[O-].[Sn+2]. The van der Waals surface area contributed by atoms with Crippen LogP contribution in [0.1, 0.15) is 119 Å². The van der Waals surface area contributed by atoms with Gasteiger partial charge < -0.3 is 30.0 Å². The third kappa shape index (κ3) is 27.6. The Balaban J connectivity index is -0.000000174. The van der Waals surface area contributed by atoms with Gasteiger partial charge in [-0.2, -0.15) is 0 Å². The van der Waals surface area contributed by atoms with Crippen LogP contribution >= 0.6 is 0 Å². The summed E-state index contributed by atoms with van der Waals surface area (Å²) >= 11 is 0. The van der Waals surface area contributed by atoms with Gasteiger partial charge in [-0.25, -0.2) is 0 Å². The van der Waals surface area contributed by atoms with Crippen LogP contribution in [-0.4, -0.2) is 58.3 Å². The molecule has 0 saturated heterocycles. The van der Waals surface area contributed by atoms with Gasteiger partial charge in [0.1, 0.15) is 0 Å². The van der Waals surface area contributed by atoms with Crippen molar-refractivity contribution in [2.24, 2.45) is 11.8 Å². The molecule has 0 aromatic rings. The summed E-state index contributed by atoms with van der Waals surface area (Å²) in [5.74, 6) is -2.23. The van der Waals surface area contributed by atoms with E-state index in [1.54, 1.807) is 0 Å². The third-order valence-corrected chi connectivity index (χ3v) is 5.10. The van der Waals surface area contributed by atoms with E-state index < -0.39 is 11.9 Å². The fraction of sp³-hybridized carbons (Fsp3) is 0.917. The molecule has 0 heterocycles. The van der Waals surface area contributed by atoms with E-state index in [0.717, 1.165) is 57.8 Å². The molecule has 0 aliphatic carbocycles. The van der Waals surface area contributed by atoms with Crippen molar-refractivity contribution in [3.05, 3.63) is 0 Å². The number of hydrogen-bond acceptors (Lipinski definition) is 6. The van der Waals surface area contributed by atoms with Crippen LogP contribution in [0, 0.1) is 11.8 Å². The molecule has 0 bridgehead atoms. The molecular formula is C24H48O6Sn. The average molecular weight is 551 g/mol. The number of carbonyl (C=O) groups is 2. The van der Waals surface area contributed by atoms with E-state index >= 15 is 0 Å². The molecule has 0 aliphatic rings. The first-order valence-electron chi connectivity index (χ1n) is 11.9. The Morgan fingerprint density at radius 2 is 1.03 bits per heavy atom. The molecule has 0 saturated carbocycles. The van der Waals surface area contributed by atoms with Crippen molar-refractivity contribution < 1.29 is 30.0 Å². The van der Waals surface area contributed by atoms with Crippen molar-refractivity contribution in [2.75, 3.05) is 0 Å². The van der Waals surface area contributed by atoms with Gasteiger partial charge in [-0.05, 0) is 56.8 Å². The van der Waals surface area contributed by atoms with E-state index in [1.807, 2.05) is 27.7 Å². The zero-order chi connectivity index (χ0) is 23.9. The predicted octanol–water partition coefficient (Wildman–Crippen LogP) is 2.83. The molecule has 31 heavy (non-hydrogen) atoms. The van der Waals surface area contributed by atoms with Crippen molar-refractivity contribution in [1.82, 2.24) is 0 Å². The molecular weight excluding hydrogens is 503 g/mol. The van der Waals surface area contributed by atoms with E-state index in [9.17, 15) is 24.9 Å². The Morgan fingerprint density at radius 3 is 1.26 bits per heavy atom. The summed E-state index contributed by atoms with van der Waals surface area (Å²) in [5.41, 5.74) is 0. The zero-order valence-electron chi connectivity index (χ0n) is 20.8. The predicted molar refractivity (Wildman–Crippen MR) is 124 cm³/mol. The number of aliphatic carboxylic acids is 2. The van der Waals surface area contributed by atoms with Crippen LogP contribution in [0.25, 0.3) is 0 Å². The molecule has 0 rings (SSSR count). The minimum atomic E-state index is -0.893. The zero-order valence-corrected chi connectivity index (χ0v) is 23.7. The van der Waals surface area contributed by atoms with E-state index in [0.29, 0.717) is 19.3 Å². The second-order valence-corrected chi connectivity index (χ2v) is 7.87. The number of carbonyl (C=O) groups excluding carboxylic acids is 2. The number of aliphatic hydroxyl groups is 2. The summed E-state index contributed by atoms with van der Waals surface area (Å²) < 4.78 is 0. The standard InChI is InChI=1S/C8H18O2.2C8H16O2.Sn/c1-3-5-8(10)6-7(9)4-2;2*1-3-5-6-7(4-2)8(9)10;/h7-10H,3-6H2,1-2H3;2*7H,3-6H2,1-2H3,(H,9,10);/q;;;+2/p-2. The van der Waals surface area contributed by atoms with Crippen LogP contribution in [0.3, 0.4) is 0 Å². The molecule has 2 N–H and O–H groups in total. The maximum Gasteiger partial charge on any atom is 2.00 e. The van der Waals surface area contributed by atoms with E-state index in [4.69, 9.17) is 5.11 Å². The first kappa shape index (κ1) is 37.9. The summed E-state index contributed by atoms with van der Waals surface area (Å²) in [4.78, 5) is 20.7. The summed E-state index contributed by atoms with van der Waals surface area (Å²) in [6, 6.07) is 0. The van der Waals surface area contributed by atoms with Gasteiger partial charge >= 0.3 is 23.9 Å². The van der Waals surface area contributed by atoms with Gasteiger partial charge in [-0.15, -0.1) is 0 Å². The van der Waals surface area contributed by atoms with Gasteiger partial charge in [0.2, 0.25) is 0 Å². The quantitative estimate of drug-likeness (QED) is 0.302. The Hall–Kier alpha value is -0.341. The minimum Gasteiger partial charge on any atom is -0.550 e. The molecule has 0 aliphatic heterocycles. The smallest absolute Gasteiger partial charge is 0.550 e. The fourth-order valence-corrected chi connectivity index (χ4v) is 2.81. The van der Waals surface area contributed by atoms with Gasteiger partial charge in [0.25, 0.3) is 0 Å². The summed E-state index contributed by atoms with van der Waals surface area (Å²) in [7, 11) is 0. The molecule has 4 atom stereocenters. The molecule has 0 aromatic heterocycles. The average Bonchev–Trinajstić information content (AvgIpc) is 2.69. The minimum absolute atomic E-state index is 0. The number of hydrogen-bond donors (Lipinski definition) is 2. The van der Waals surface area contributed by atoms with Crippen molar-refractivity contribution in [3.63, 3.8) is 0 Å². The first-order valence-corrected chi connectivity index (χ1v) is 11.9. The summed E-state index contributed by atoms with van der Waals surface area (Å²) in [6.45, 7) is 11.8. The van der Waals surface area contributed by atoms with Crippen molar-refractivity contribution >= 4 is 35.8 Å². The van der Waals surface area contributed by atoms with Crippen molar-refractivity contribution in [1.29, 1.82) is 0 Å². The van der Waals surface area contributed by atoms with Crippen LogP contribution in [0.4, 0.5) is 0 Å². The van der Waals surface area contributed by atoms with Crippen molar-refractivity contribution in [2.45, 2.75) is 131 Å². The number of unbranched alkanes of at least 4 members (excludes halogenated alkanes) is 2. The molecule has 6 nitrogen and oxygen atoms in total. The molecule has 0 spiro atoms. The Morgan fingerprint density at radius 1 is 0.645 bits per heavy atom. The van der Waals surface area contributed by atoms with Crippen LogP contribution < -0.4 is 10.2 Å². The second kappa shape index (κ2) is 27.7. The van der Waals surface area contributed by atoms with Crippen LogP contribution in [0.15, 0.2) is 0 Å². The second-order valence-electron chi connectivity index (χ2n) is 7.87. The molecule has 184 valence electrons. The van der Waals surface area contributed by atoms with E-state index in [2.05, 4.69) is 13.8 Å². The van der Waals surface area contributed by atoms with Gasteiger partial charge in [0.15, 0.2) is 0 Å². The maximum absolute atomic E-state index is 10.3. The van der Waals surface area contributed by atoms with Gasteiger partial charge in [0, 0.05) is 11.9 Å². The summed E-state index contributed by atoms with van der Waals surface area (Å²) in [6.07, 6.45) is 9.48. The van der Waals surface area contributed by atoms with Gasteiger partial charge in [0.05, 0.1) is 12.2 Å². The molecule has 4 unspecified atom stereocenters. The molecule has 2 radical (unpaired) electrons. The molecule has 0 aromatic carbocycles. The first-order chi connectivity index (χ1) is 14.1. The normalized spacial score (nSPS) is 13.8. The van der Waals surface area contributed by atoms with Crippen molar-refractivity contribution in [3.8, 4) is 0 Å². The van der Waals surface area contributed by atoms with Crippen LogP contribution in [0.2, 0.25) is 0 Å².